The summed E-state index contributed by atoms with van der Waals surface area (Å²) in [4.78, 5) is 13.5. The minimum Gasteiger partial charge on any atom is -0.489 e. The minimum absolute atomic E-state index is 0.0212. The van der Waals surface area contributed by atoms with Crippen LogP contribution in [-0.4, -0.2) is 19.3 Å². The van der Waals surface area contributed by atoms with E-state index in [1.807, 2.05) is 109 Å². The van der Waals surface area contributed by atoms with Crippen molar-refractivity contribution in [3.8, 4) is 11.5 Å². The van der Waals surface area contributed by atoms with E-state index in [-0.39, 0.29) is 29.3 Å². The third-order valence-corrected chi connectivity index (χ3v) is 14.8. The zero-order valence-electron chi connectivity index (χ0n) is 32.1. The molecule has 0 saturated heterocycles. The van der Waals surface area contributed by atoms with Crippen LogP contribution in [0, 0.1) is 11.7 Å². The van der Waals surface area contributed by atoms with Gasteiger partial charge in [0.1, 0.15) is 30.5 Å². The third-order valence-electron chi connectivity index (χ3n) is 10.3. The summed E-state index contributed by atoms with van der Waals surface area (Å²) in [6.07, 6.45) is 0.650. The van der Waals surface area contributed by atoms with Gasteiger partial charge in [-0.05, 0) is 90.0 Å². The molecule has 1 amide bonds. The van der Waals surface area contributed by atoms with Crippen LogP contribution in [0.15, 0.2) is 133 Å². The van der Waals surface area contributed by atoms with Gasteiger partial charge in [0.15, 0.2) is 8.32 Å². The molecule has 284 valence electrons. The second-order valence-corrected chi connectivity index (χ2v) is 20.2. The molecule has 0 fully saturated rings. The lowest BCUT2D eigenvalue weighted by Crippen LogP contribution is -2.41. The Balaban J connectivity index is 1.41. The van der Waals surface area contributed by atoms with Gasteiger partial charge in [0.25, 0.3) is 0 Å². The number of benzene rings is 5. The molecular formula is C46H54FNO5Si. The molecule has 0 bridgehead atoms. The van der Waals surface area contributed by atoms with E-state index in [0.717, 1.165) is 16.7 Å². The van der Waals surface area contributed by atoms with E-state index in [1.54, 1.807) is 12.1 Å². The van der Waals surface area contributed by atoms with Gasteiger partial charge in [0.05, 0.1) is 12.2 Å². The average molecular weight is 748 g/mol. The number of anilines is 1. The van der Waals surface area contributed by atoms with Crippen LogP contribution in [0.3, 0.4) is 0 Å². The summed E-state index contributed by atoms with van der Waals surface area (Å²) in [5.41, 5.74) is 4.22. The van der Waals surface area contributed by atoms with Crippen LogP contribution in [0.2, 0.25) is 18.1 Å². The molecule has 0 radical (unpaired) electrons. The van der Waals surface area contributed by atoms with Gasteiger partial charge < -0.3 is 24.3 Å². The van der Waals surface area contributed by atoms with Crippen molar-refractivity contribution >= 4 is 19.9 Å². The first-order valence-corrected chi connectivity index (χ1v) is 21.7. The van der Waals surface area contributed by atoms with Crippen LogP contribution in [0.1, 0.15) is 80.9 Å². The normalized spacial score (nSPS) is 13.5. The highest BCUT2D eigenvalue weighted by molar-refractivity contribution is 6.74. The summed E-state index contributed by atoms with van der Waals surface area (Å²) >= 11 is 0. The van der Waals surface area contributed by atoms with Crippen LogP contribution < -0.4 is 14.8 Å². The van der Waals surface area contributed by atoms with E-state index in [2.05, 4.69) is 39.2 Å². The van der Waals surface area contributed by atoms with Crippen molar-refractivity contribution < 1.29 is 28.2 Å². The Hall–Kier alpha value is -4.76. The van der Waals surface area contributed by atoms with Crippen molar-refractivity contribution in [2.75, 3.05) is 5.32 Å². The van der Waals surface area contributed by atoms with Crippen molar-refractivity contribution in [1.29, 1.82) is 0 Å². The zero-order valence-corrected chi connectivity index (χ0v) is 33.1. The molecule has 8 heteroatoms. The molecule has 0 aliphatic carbocycles. The highest BCUT2D eigenvalue weighted by Gasteiger charge is 2.39. The van der Waals surface area contributed by atoms with Gasteiger partial charge in [-0.25, -0.2) is 4.39 Å². The number of ether oxygens (including phenoxy) is 2. The smallest absolute Gasteiger partial charge is 0.224 e. The van der Waals surface area contributed by atoms with Gasteiger partial charge in [-0.15, -0.1) is 0 Å². The van der Waals surface area contributed by atoms with Crippen molar-refractivity contribution in [2.45, 2.75) is 90.0 Å². The fourth-order valence-corrected chi connectivity index (χ4v) is 7.43. The van der Waals surface area contributed by atoms with Gasteiger partial charge in [0, 0.05) is 23.7 Å². The van der Waals surface area contributed by atoms with Gasteiger partial charge in [-0.2, -0.15) is 0 Å². The Morgan fingerprint density at radius 2 is 1.33 bits per heavy atom. The van der Waals surface area contributed by atoms with Crippen LogP contribution in [0.25, 0.3) is 0 Å². The third kappa shape index (κ3) is 11.9. The summed E-state index contributed by atoms with van der Waals surface area (Å²) < 4.78 is 33.4. The molecular weight excluding hydrogens is 694 g/mol. The molecule has 54 heavy (non-hydrogen) atoms. The first kappa shape index (κ1) is 40.4. The van der Waals surface area contributed by atoms with Crippen molar-refractivity contribution in [3.05, 3.63) is 162 Å². The number of para-hydroxylation sites is 1. The lowest BCUT2D eigenvalue weighted by atomic mass is 9.87. The second kappa shape index (κ2) is 19.0. The number of amides is 1. The maximum atomic E-state index is 14.0. The van der Waals surface area contributed by atoms with Gasteiger partial charge >= 0.3 is 0 Å². The van der Waals surface area contributed by atoms with E-state index in [9.17, 15) is 14.3 Å². The Kier molecular flexibility index (Phi) is 14.2. The molecule has 3 atom stereocenters. The number of halogens is 1. The van der Waals surface area contributed by atoms with Crippen molar-refractivity contribution in [2.24, 2.45) is 5.92 Å². The Morgan fingerprint density at radius 3 is 1.93 bits per heavy atom. The molecule has 5 aromatic carbocycles. The number of nitrogens with one attached hydrogen (secondary N) is 1. The maximum Gasteiger partial charge on any atom is 0.224 e. The van der Waals surface area contributed by atoms with E-state index >= 15 is 0 Å². The number of hydrogen-bond donors (Lipinski definition) is 2. The monoisotopic (exact) mass is 747 g/mol. The van der Waals surface area contributed by atoms with Crippen LogP contribution in [-0.2, 0) is 22.4 Å². The van der Waals surface area contributed by atoms with Gasteiger partial charge in [0.2, 0.25) is 5.91 Å². The number of carbonyl (C=O) groups excluding carboxylic acids is 1. The summed E-state index contributed by atoms with van der Waals surface area (Å²) in [5.74, 6) is 0.175. The topological polar surface area (TPSA) is 77.0 Å². The summed E-state index contributed by atoms with van der Waals surface area (Å²) in [6.45, 7) is 11.7. The first-order valence-electron chi connectivity index (χ1n) is 18.8. The molecule has 0 heterocycles. The summed E-state index contributed by atoms with van der Waals surface area (Å²) in [7, 11) is -2.20. The molecule has 1 unspecified atom stereocenters. The van der Waals surface area contributed by atoms with E-state index in [1.165, 1.54) is 12.1 Å². The minimum atomic E-state index is -2.20. The standard InChI is InChI=1S/C46H54FNO5Si/c1-46(2,3)54(4,5)53-42(36-24-26-38(47)27-25-36)23-15-20-37(30-44(49)48-39-21-13-8-14-22-39)45(50)41-29-28-40(51-32-34-16-9-6-10-17-34)31-43(41)52-33-35-18-11-7-12-19-35/h6-14,16-19,21-22,24-29,31,37,42,45,50H,15,20,23,30,32-33H2,1-5H3,(H,48,49)/t37?,42-,45+/m0/s1. The molecule has 0 aliphatic heterocycles. The maximum absolute atomic E-state index is 14.0. The predicted octanol–water partition coefficient (Wildman–Crippen LogP) is 11.6. The first-order chi connectivity index (χ1) is 25.9. The van der Waals surface area contributed by atoms with E-state index in [4.69, 9.17) is 13.9 Å². The zero-order chi connectivity index (χ0) is 38.6. The molecule has 0 aliphatic rings. The fourth-order valence-electron chi connectivity index (χ4n) is 6.12. The Morgan fingerprint density at radius 1 is 0.759 bits per heavy atom. The molecule has 5 aromatic rings. The Bertz CT molecular complexity index is 1880. The lowest BCUT2D eigenvalue weighted by molar-refractivity contribution is -0.118. The highest BCUT2D eigenvalue weighted by Crippen LogP contribution is 2.42. The number of carbonyl (C=O) groups is 1. The summed E-state index contributed by atoms with van der Waals surface area (Å²) in [6, 6.07) is 41.2. The summed E-state index contributed by atoms with van der Waals surface area (Å²) in [5, 5.41) is 15.2. The number of aliphatic hydroxyl groups excluding tert-OH is 1. The van der Waals surface area contributed by atoms with Gasteiger partial charge in [-0.1, -0.05) is 118 Å². The Labute approximate surface area is 321 Å². The quantitative estimate of drug-likeness (QED) is 0.0873. The molecule has 2 N–H and O–H groups in total. The number of aliphatic hydroxyl groups is 1. The molecule has 6 nitrogen and oxygen atoms in total. The molecule has 0 spiro atoms. The fraction of sp³-hybridized carbons (Fsp3) is 0.326. The lowest BCUT2D eigenvalue weighted by Gasteiger charge is -2.39. The van der Waals surface area contributed by atoms with Crippen LogP contribution in [0.4, 0.5) is 10.1 Å². The van der Waals surface area contributed by atoms with Crippen LogP contribution >= 0.6 is 0 Å². The number of hydrogen-bond acceptors (Lipinski definition) is 5. The SMILES string of the molecule is CC(C)(C)[Si](C)(C)O[C@@H](CCCC(CC(=O)Nc1ccccc1)[C@@H](O)c1ccc(OCc2ccccc2)cc1OCc1ccccc1)c1ccc(F)cc1. The second-order valence-electron chi connectivity index (χ2n) is 15.4. The largest absolute Gasteiger partial charge is 0.489 e. The van der Waals surface area contributed by atoms with Crippen molar-refractivity contribution in [1.82, 2.24) is 0 Å². The van der Waals surface area contributed by atoms with Gasteiger partial charge in [-0.3, -0.25) is 4.79 Å². The molecule has 0 saturated carbocycles. The van der Waals surface area contributed by atoms with Crippen molar-refractivity contribution in [3.63, 3.8) is 0 Å². The predicted molar refractivity (Wildman–Crippen MR) is 217 cm³/mol. The number of rotatable bonds is 18. The van der Waals surface area contributed by atoms with E-state index < -0.39 is 20.3 Å². The average Bonchev–Trinajstić information content (AvgIpc) is 3.16. The van der Waals surface area contributed by atoms with Crippen LogP contribution in [0.5, 0.6) is 11.5 Å². The molecule has 5 rings (SSSR count). The highest BCUT2D eigenvalue weighted by atomic mass is 28.4. The molecule has 0 aromatic heterocycles. The van der Waals surface area contributed by atoms with E-state index in [0.29, 0.717) is 55.2 Å².